The normalized spacial score (nSPS) is 11.8. The van der Waals surface area contributed by atoms with Gasteiger partial charge in [0.1, 0.15) is 0 Å². The Kier molecular flexibility index (Phi) is 6.73. The van der Waals surface area contributed by atoms with E-state index in [4.69, 9.17) is 10.5 Å². The highest BCUT2D eigenvalue weighted by Crippen LogP contribution is 2.30. The lowest BCUT2D eigenvalue weighted by Crippen LogP contribution is -2.13. The van der Waals surface area contributed by atoms with E-state index in [1.807, 2.05) is 0 Å². The van der Waals surface area contributed by atoms with Crippen molar-refractivity contribution in [2.24, 2.45) is 11.7 Å². The molecule has 0 aromatic heterocycles. The Bertz CT molecular complexity index is 407. The van der Waals surface area contributed by atoms with Crippen LogP contribution in [0.1, 0.15) is 38.8 Å². The Labute approximate surface area is 114 Å². The van der Waals surface area contributed by atoms with Crippen molar-refractivity contribution in [3.05, 3.63) is 23.8 Å². The largest absolute Gasteiger partial charge is 0.504 e. The predicted octanol–water partition coefficient (Wildman–Crippen LogP) is 2.79. The highest BCUT2D eigenvalue weighted by Gasteiger charge is 2.12. The van der Waals surface area contributed by atoms with Gasteiger partial charge >= 0.3 is 5.97 Å². The molecule has 0 saturated heterocycles. The lowest BCUT2D eigenvalue weighted by Gasteiger charge is -2.15. The van der Waals surface area contributed by atoms with Crippen LogP contribution in [0.3, 0.4) is 0 Å². The third-order valence-corrected chi connectivity index (χ3v) is 2.39. The molecule has 0 aliphatic carbocycles. The highest BCUT2D eigenvalue weighted by atomic mass is 35.5. The van der Waals surface area contributed by atoms with E-state index in [2.05, 4.69) is 13.8 Å². The van der Waals surface area contributed by atoms with Gasteiger partial charge in [-0.05, 0) is 30.0 Å². The zero-order chi connectivity index (χ0) is 13.0. The van der Waals surface area contributed by atoms with Gasteiger partial charge in [0.05, 0.1) is 0 Å². The quantitative estimate of drug-likeness (QED) is 0.654. The fraction of sp³-hybridized carbons (Fsp3) is 0.462. The van der Waals surface area contributed by atoms with E-state index in [0.717, 1.165) is 12.0 Å². The molecule has 0 bridgehead atoms. The summed E-state index contributed by atoms with van der Waals surface area (Å²) in [6, 6.07) is 4.76. The first-order valence-electron chi connectivity index (χ1n) is 5.67. The van der Waals surface area contributed by atoms with Gasteiger partial charge in [0, 0.05) is 13.0 Å². The summed E-state index contributed by atoms with van der Waals surface area (Å²) in [5.74, 6) is 0.134. The number of carbonyl (C=O) groups is 1. The molecule has 1 aromatic rings. The number of phenols is 1. The second-order valence-corrected chi connectivity index (χ2v) is 4.56. The zero-order valence-electron chi connectivity index (χ0n) is 10.8. The molecule has 18 heavy (non-hydrogen) atoms. The van der Waals surface area contributed by atoms with Crippen molar-refractivity contribution in [3.8, 4) is 11.5 Å². The van der Waals surface area contributed by atoms with Crippen molar-refractivity contribution in [1.29, 1.82) is 0 Å². The highest BCUT2D eigenvalue weighted by molar-refractivity contribution is 5.85. The van der Waals surface area contributed by atoms with Crippen LogP contribution in [0.4, 0.5) is 0 Å². The number of hydrogen-bond acceptors (Lipinski definition) is 4. The first-order chi connectivity index (χ1) is 7.90. The van der Waals surface area contributed by atoms with Crippen LogP contribution in [-0.2, 0) is 4.79 Å². The maximum absolute atomic E-state index is 10.8. The van der Waals surface area contributed by atoms with Gasteiger partial charge in [0.2, 0.25) is 0 Å². The molecule has 3 N–H and O–H groups in total. The van der Waals surface area contributed by atoms with Crippen LogP contribution < -0.4 is 10.5 Å². The van der Waals surface area contributed by atoms with E-state index < -0.39 is 5.97 Å². The minimum Gasteiger partial charge on any atom is -0.504 e. The number of phenolic OH excluding ortho intramolecular Hbond substituents is 1. The zero-order valence-corrected chi connectivity index (χ0v) is 11.7. The number of carbonyl (C=O) groups excluding carboxylic acids is 1. The Hall–Kier alpha value is -1.26. The Balaban J connectivity index is 0.00000289. The third-order valence-electron chi connectivity index (χ3n) is 2.39. The molecular formula is C13H20ClNO3. The number of aromatic hydroxyl groups is 1. The van der Waals surface area contributed by atoms with Gasteiger partial charge < -0.3 is 15.6 Å². The topological polar surface area (TPSA) is 72.5 Å². The number of rotatable bonds is 4. The van der Waals surface area contributed by atoms with E-state index in [1.54, 1.807) is 18.2 Å². The monoisotopic (exact) mass is 273 g/mol. The predicted molar refractivity (Wildman–Crippen MR) is 73.0 cm³/mol. The average Bonchev–Trinajstić information content (AvgIpc) is 2.19. The Morgan fingerprint density at radius 2 is 2.06 bits per heavy atom. The van der Waals surface area contributed by atoms with Crippen molar-refractivity contribution in [3.63, 3.8) is 0 Å². The van der Waals surface area contributed by atoms with E-state index in [-0.39, 0.29) is 29.9 Å². The number of halogens is 1. The molecule has 0 saturated carbocycles. The molecule has 0 heterocycles. The molecule has 1 rings (SSSR count). The summed E-state index contributed by atoms with van der Waals surface area (Å²) in [5.41, 5.74) is 6.84. The average molecular weight is 274 g/mol. The molecule has 0 fully saturated rings. The van der Waals surface area contributed by atoms with E-state index >= 15 is 0 Å². The molecule has 0 radical (unpaired) electrons. The molecule has 4 nitrogen and oxygen atoms in total. The summed E-state index contributed by atoms with van der Waals surface area (Å²) in [6.45, 7) is 5.47. The van der Waals surface area contributed by atoms with Gasteiger partial charge in [0.15, 0.2) is 11.5 Å². The lowest BCUT2D eigenvalue weighted by molar-refractivity contribution is -0.132. The summed E-state index contributed by atoms with van der Waals surface area (Å²) >= 11 is 0. The van der Waals surface area contributed by atoms with Crippen LogP contribution in [-0.4, -0.2) is 11.1 Å². The Morgan fingerprint density at radius 3 is 2.50 bits per heavy atom. The maximum Gasteiger partial charge on any atom is 0.308 e. The molecule has 0 spiro atoms. The minimum absolute atomic E-state index is 0. The van der Waals surface area contributed by atoms with Gasteiger partial charge in [-0.3, -0.25) is 4.79 Å². The first-order valence-corrected chi connectivity index (χ1v) is 5.67. The number of esters is 1. The molecular weight excluding hydrogens is 254 g/mol. The van der Waals surface area contributed by atoms with Crippen LogP contribution in [0.2, 0.25) is 0 Å². The van der Waals surface area contributed by atoms with Crippen molar-refractivity contribution >= 4 is 18.4 Å². The van der Waals surface area contributed by atoms with Crippen molar-refractivity contribution in [2.45, 2.75) is 33.2 Å². The fourth-order valence-corrected chi connectivity index (χ4v) is 1.65. The Morgan fingerprint density at radius 1 is 1.44 bits per heavy atom. The summed E-state index contributed by atoms with van der Waals surface area (Å²) in [7, 11) is 0. The molecule has 0 aliphatic heterocycles. The minimum atomic E-state index is -0.459. The van der Waals surface area contributed by atoms with Crippen LogP contribution in [0.5, 0.6) is 11.5 Å². The lowest BCUT2D eigenvalue weighted by atomic mass is 9.97. The maximum atomic E-state index is 10.8. The molecule has 0 aliphatic rings. The standard InChI is InChI=1S/C13H19NO3.ClH/c1-8(2)6-11(14)10-4-5-13(12(16)7-10)17-9(3)15;/h4-5,7-8,11,16H,6,14H2,1-3H3;1H/t11-;/m1./s1. The summed E-state index contributed by atoms with van der Waals surface area (Å²) < 4.78 is 4.83. The number of hydrogen-bond donors (Lipinski definition) is 2. The van der Waals surface area contributed by atoms with Crippen molar-refractivity contribution in [1.82, 2.24) is 0 Å². The molecule has 0 amide bonds. The molecule has 1 atom stereocenters. The van der Waals surface area contributed by atoms with E-state index in [0.29, 0.717) is 5.92 Å². The van der Waals surface area contributed by atoms with Crippen LogP contribution >= 0.6 is 12.4 Å². The third kappa shape index (κ3) is 4.94. The summed E-state index contributed by atoms with van der Waals surface area (Å²) in [6.07, 6.45) is 0.840. The second-order valence-electron chi connectivity index (χ2n) is 4.56. The van der Waals surface area contributed by atoms with Crippen LogP contribution in [0, 0.1) is 5.92 Å². The molecule has 102 valence electrons. The van der Waals surface area contributed by atoms with Gasteiger partial charge in [0.25, 0.3) is 0 Å². The summed E-state index contributed by atoms with van der Waals surface area (Å²) in [4.78, 5) is 10.8. The van der Waals surface area contributed by atoms with Gasteiger partial charge in [-0.25, -0.2) is 0 Å². The summed E-state index contributed by atoms with van der Waals surface area (Å²) in [5, 5.41) is 9.69. The molecule has 0 unspecified atom stereocenters. The van der Waals surface area contributed by atoms with Crippen molar-refractivity contribution < 1.29 is 14.6 Å². The van der Waals surface area contributed by atoms with Crippen molar-refractivity contribution in [2.75, 3.05) is 0 Å². The van der Waals surface area contributed by atoms with Gasteiger partial charge in [-0.15, -0.1) is 12.4 Å². The smallest absolute Gasteiger partial charge is 0.308 e. The molecule has 5 heteroatoms. The fourth-order valence-electron chi connectivity index (χ4n) is 1.65. The van der Waals surface area contributed by atoms with Gasteiger partial charge in [-0.2, -0.15) is 0 Å². The van der Waals surface area contributed by atoms with Gasteiger partial charge in [-0.1, -0.05) is 19.9 Å². The number of nitrogens with two attached hydrogens (primary N) is 1. The van der Waals surface area contributed by atoms with E-state index in [9.17, 15) is 9.90 Å². The SMILES string of the molecule is CC(=O)Oc1ccc([C@H](N)CC(C)C)cc1O.Cl. The van der Waals surface area contributed by atoms with E-state index in [1.165, 1.54) is 6.92 Å². The number of benzene rings is 1. The van der Waals surface area contributed by atoms with Crippen LogP contribution in [0.15, 0.2) is 18.2 Å². The van der Waals surface area contributed by atoms with Crippen LogP contribution in [0.25, 0.3) is 0 Å². The first kappa shape index (κ1) is 16.7. The number of ether oxygens (including phenoxy) is 1. The molecule has 1 aromatic carbocycles. The second kappa shape index (κ2) is 7.24.